The maximum Gasteiger partial charge on any atom is 0.214 e. The van der Waals surface area contributed by atoms with Gasteiger partial charge in [-0.05, 0) is 37.5 Å². The van der Waals surface area contributed by atoms with Crippen molar-refractivity contribution in [1.29, 1.82) is 0 Å². The van der Waals surface area contributed by atoms with Gasteiger partial charge in [0.2, 0.25) is 10.0 Å². The van der Waals surface area contributed by atoms with Crippen LogP contribution < -0.4 is 5.73 Å². The highest BCUT2D eigenvalue weighted by Gasteiger charge is 2.44. The molecule has 5 heteroatoms. The van der Waals surface area contributed by atoms with Crippen LogP contribution in [0.5, 0.6) is 0 Å². The van der Waals surface area contributed by atoms with Gasteiger partial charge < -0.3 is 5.73 Å². The highest BCUT2D eigenvalue weighted by Crippen LogP contribution is 2.45. The maximum absolute atomic E-state index is 12.1. The van der Waals surface area contributed by atoms with E-state index in [1.807, 2.05) is 6.92 Å². The number of piperidine rings is 1. The van der Waals surface area contributed by atoms with Crippen molar-refractivity contribution in [3.63, 3.8) is 0 Å². The van der Waals surface area contributed by atoms with Crippen LogP contribution in [0.4, 0.5) is 0 Å². The zero-order valence-corrected chi connectivity index (χ0v) is 12.2. The van der Waals surface area contributed by atoms with Crippen LogP contribution >= 0.6 is 0 Å². The second-order valence-electron chi connectivity index (χ2n) is 5.93. The molecule has 0 aromatic carbocycles. The Labute approximate surface area is 111 Å². The average Bonchev–Trinajstić information content (AvgIpc) is 2.69. The van der Waals surface area contributed by atoms with E-state index in [2.05, 4.69) is 0 Å². The van der Waals surface area contributed by atoms with Crippen molar-refractivity contribution >= 4 is 10.0 Å². The molecule has 18 heavy (non-hydrogen) atoms. The van der Waals surface area contributed by atoms with Crippen molar-refractivity contribution in [1.82, 2.24) is 4.31 Å². The van der Waals surface area contributed by atoms with E-state index in [1.165, 1.54) is 12.8 Å². The van der Waals surface area contributed by atoms with Gasteiger partial charge in [-0.2, -0.15) is 0 Å². The number of rotatable bonds is 4. The predicted octanol–water partition coefficient (Wildman–Crippen LogP) is 1.71. The number of nitrogens with zero attached hydrogens (tertiary/aromatic N) is 1. The number of hydrogen-bond donors (Lipinski definition) is 1. The molecule has 0 radical (unpaired) electrons. The van der Waals surface area contributed by atoms with Gasteiger partial charge >= 0.3 is 0 Å². The van der Waals surface area contributed by atoms with Crippen molar-refractivity contribution in [2.45, 2.75) is 57.9 Å². The number of sulfonamides is 1. The molecule has 4 nitrogen and oxygen atoms in total. The Balaban J connectivity index is 1.94. The molecule has 0 aromatic heterocycles. The normalized spacial score (nSPS) is 28.9. The summed E-state index contributed by atoms with van der Waals surface area (Å²) in [7, 11) is -3.02. The van der Waals surface area contributed by atoms with Crippen molar-refractivity contribution in [2.24, 2.45) is 11.1 Å². The van der Waals surface area contributed by atoms with Gasteiger partial charge in [0.1, 0.15) is 0 Å². The van der Waals surface area contributed by atoms with Crippen molar-refractivity contribution in [3.05, 3.63) is 0 Å². The summed E-state index contributed by atoms with van der Waals surface area (Å²) in [4.78, 5) is 0. The van der Waals surface area contributed by atoms with E-state index in [1.54, 1.807) is 4.31 Å². The summed E-state index contributed by atoms with van der Waals surface area (Å²) in [6, 6.07) is 0.290. The minimum absolute atomic E-state index is 0.247. The van der Waals surface area contributed by atoms with Gasteiger partial charge in [-0.25, -0.2) is 12.7 Å². The molecule has 2 fully saturated rings. The highest BCUT2D eigenvalue weighted by atomic mass is 32.2. The lowest BCUT2D eigenvalue weighted by atomic mass is 9.75. The maximum atomic E-state index is 12.1. The molecular formula is C13H26N2O2S. The number of nitrogens with two attached hydrogens (primary N) is 1. The molecule has 1 heterocycles. The zero-order valence-electron chi connectivity index (χ0n) is 11.4. The SMILES string of the molecule is CCCCS(=O)(=O)N1CCC2(CCCC2N)CC1. The monoisotopic (exact) mass is 274 g/mol. The molecule has 1 unspecified atom stereocenters. The van der Waals surface area contributed by atoms with Gasteiger partial charge in [0.05, 0.1) is 5.75 Å². The van der Waals surface area contributed by atoms with E-state index in [-0.39, 0.29) is 11.5 Å². The smallest absolute Gasteiger partial charge is 0.214 e. The topological polar surface area (TPSA) is 63.4 Å². The Hall–Kier alpha value is -0.130. The highest BCUT2D eigenvalue weighted by molar-refractivity contribution is 7.89. The van der Waals surface area contributed by atoms with Gasteiger partial charge in [0, 0.05) is 19.1 Å². The molecule has 2 aliphatic rings. The molecule has 1 atom stereocenters. The van der Waals surface area contributed by atoms with Gasteiger partial charge in [-0.1, -0.05) is 19.8 Å². The third-order valence-corrected chi connectivity index (χ3v) is 6.80. The molecule has 1 spiro atoms. The standard InChI is InChI=1S/C13H26N2O2S/c1-2-3-11-18(16,17)15-9-7-13(8-10-15)6-4-5-12(13)14/h12H,2-11,14H2,1H3. The second-order valence-corrected chi connectivity index (χ2v) is 8.02. The first-order valence-electron chi connectivity index (χ1n) is 7.24. The molecule has 1 saturated carbocycles. The molecule has 0 bridgehead atoms. The van der Waals surface area contributed by atoms with E-state index in [9.17, 15) is 8.42 Å². The fourth-order valence-corrected chi connectivity index (χ4v) is 5.10. The first-order valence-corrected chi connectivity index (χ1v) is 8.84. The largest absolute Gasteiger partial charge is 0.327 e. The lowest BCUT2D eigenvalue weighted by Crippen LogP contribution is -2.48. The zero-order chi connectivity index (χ0) is 13.2. The first-order chi connectivity index (χ1) is 8.50. The van der Waals surface area contributed by atoms with E-state index >= 15 is 0 Å². The van der Waals surface area contributed by atoms with E-state index in [4.69, 9.17) is 5.73 Å². The van der Waals surface area contributed by atoms with Gasteiger partial charge in [0.25, 0.3) is 0 Å². The van der Waals surface area contributed by atoms with Crippen LogP contribution in [0.15, 0.2) is 0 Å². The van der Waals surface area contributed by atoms with E-state index in [0.29, 0.717) is 18.8 Å². The Morgan fingerprint density at radius 3 is 2.44 bits per heavy atom. The molecule has 1 aliphatic carbocycles. The third kappa shape index (κ3) is 2.73. The Morgan fingerprint density at radius 1 is 1.28 bits per heavy atom. The van der Waals surface area contributed by atoms with Crippen molar-refractivity contribution in [3.8, 4) is 0 Å². The third-order valence-electron chi connectivity index (χ3n) is 4.84. The number of unbranched alkanes of at least 4 members (excludes halogenated alkanes) is 1. The van der Waals surface area contributed by atoms with E-state index < -0.39 is 10.0 Å². The van der Waals surface area contributed by atoms with Crippen LogP contribution in [-0.4, -0.2) is 37.6 Å². The van der Waals surface area contributed by atoms with Crippen LogP contribution in [-0.2, 0) is 10.0 Å². The Morgan fingerprint density at radius 2 is 1.94 bits per heavy atom. The summed E-state index contributed by atoms with van der Waals surface area (Å²) in [5.41, 5.74) is 6.46. The fourth-order valence-electron chi connectivity index (χ4n) is 3.45. The van der Waals surface area contributed by atoms with Gasteiger partial charge in [0.15, 0.2) is 0 Å². The van der Waals surface area contributed by atoms with Crippen LogP contribution in [0, 0.1) is 5.41 Å². The molecule has 1 aliphatic heterocycles. The van der Waals surface area contributed by atoms with Crippen molar-refractivity contribution in [2.75, 3.05) is 18.8 Å². The van der Waals surface area contributed by atoms with Crippen LogP contribution in [0.1, 0.15) is 51.9 Å². The lowest BCUT2D eigenvalue weighted by Gasteiger charge is -2.41. The number of hydrogen-bond acceptors (Lipinski definition) is 3. The average molecular weight is 274 g/mol. The van der Waals surface area contributed by atoms with Gasteiger partial charge in [-0.15, -0.1) is 0 Å². The summed E-state index contributed by atoms with van der Waals surface area (Å²) in [6.07, 6.45) is 7.13. The van der Waals surface area contributed by atoms with Crippen molar-refractivity contribution < 1.29 is 8.42 Å². The predicted molar refractivity (Wildman–Crippen MR) is 73.8 cm³/mol. The molecule has 1 saturated heterocycles. The molecule has 2 rings (SSSR count). The molecule has 2 N–H and O–H groups in total. The van der Waals surface area contributed by atoms with Crippen LogP contribution in [0.25, 0.3) is 0 Å². The fraction of sp³-hybridized carbons (Fsp3) is 1.00. The summed E-state index contributed by atoms with van der Waals surface area (Å²) in [5, 5.41) is 0. The minimum Gasteiger partial charge on any atom is -0.327 e. The summed E-state index contributed by atoms with van der Waals surface area (Å²) in [5.74, 6) is 0.308. The van der Waals surface area contributed by atoms with E-state index in [0.717, 1.165) is 32.1 Å². The lowest BCUT2D eigenvalue weighted by molar-refractivity contribution is 0.140. The Kier molecular flexibility index (Phi) is 4.34. The molecular weight excluding hydrogens is 248 g/mol. The summed E-state index contributed by atoms with van der Waals surface area (Å²) in [6.45, 7) is 3.39. The minimum atomic E-state index is -3.02. The summed E-state index contributed by atoms with van der Waals surface area (Å²) >= 11 is 0. The first kappa shape index (κ1) is 14.3. The molecule has 106 valence electrons. The quantitative estimate of drug-likeness (QED) is 0.849. The van der Waals surface area contributed by atoms with Crippen LogP contribution in [0.3, 0.4) is 0 Å². The molecule has 0 amide bonds. The molecule has 0 aromatic rings. The van der Waals surface area contributed by atoms with Crippen LogP contribution in [0.2, 0.25) is 0 Å². The second kappa shape index (κ2) is 5.47. The van der Waals surface area contributed by atoms with Gasteiger partial charge in [-0.3, -0.25) is 0 Å². The Bertz CT molecular complexity index is 372. The summed E-state index contributed by atoms with van der Waals surface area (Å²) < 4.78 is 25.9.